The van der Waals surface area contributed by atoms with Gasteiger partial charge < -0.3 is 15.3 Å². The van der Waals surface area contributed by atoms with Gasteiger partial charge in [-0.2, -0.15) is 0 Å². The first-order valence-corrected chi connectivity index (χ1v) is 12.3. The topological polar surface area (TPSA) is 60.7 Å². The highest BCUT2D eigenvalue weighted by molar-refractivity contribution is 5.30. The summed E-state index contributed by atoms with van der Waals surface area (Å²) in [6, 6.07) is 0. The number of hydrogen-bond donors (Lipinski definition) is 3. The Labute approximate surface area is 184 Å². The highest BCUT2D eigenvalue weighted by Gasteiger charge is 2.50. The molecule has 0 amide bonds. The normalized spacial score (nSPS) is 36.9. The van der Waals surface area contributed by atoms with E-state index in [9.17, 15) is 10.2 Å². The van der Waals surface area contributed by atoms with Crippen LogP contribution in [0.15, 0.2) is 34.9 Å². The van der Waals surface area contributed by atoms with Gasteiger partial charge in [-0.25, -0.2) is 0 Å². The van der Waals surface area contributed by atoms with Crippen molar-refractivity contribution in [2.24, 2.45) is 29.1 Å². The van der Waals surface area contributed by atoms with Crippen molar-refractivity contribution in [3.63, 3.8) is 0 Å². The minimum atomic E-state index is -0.630. The maximum atomic E-state index is 10.5. The molecular weight excluding hydrogens is 372 g/mol. The molecule has 0 spiro atoms. The molecule has 0 saturated heterocycles. The van der Waals surface area contributed by atoms with Gasteiger partial charge in [-0.1, -0.05) is 57.1 Å². The first kappa shape index (κ1) is 23.8. The van der Waals surface area contributed by atoms with Gasteiger partial charge >= 0.3 is 0 Å². The summed E-state index contributed by atoms with van der Waals surface area (Å²) in [4.78, 5) is 0. The number of rotatable bonds is 6. The summed E-state index contributed by atoms with van der Waals surface area (Å²) in [7, 11) is 0. The summed E-state index contributed by atoms with van der Waals surface area (Å²) in [5.74, 6) is 3.09. The Morgan fingerprint density at radius 1 is 1.07 bits per heavy atom. The van der Waals surface area contributed by atoms with Crippen LogP contribution in [0.2, 0.25) is 0 Å². The maximum Gasteiger partial charge on any atom is 0.0812 e. The second-order valence-electron chi connectivity index (χ2n) is 10.9. The van der Waals surface area contributed by atoms with Crippen LogP contribution in [0, 0.1) is 29.1 Å². The quantitative estimate of drug-likeness (QED) is 0.497. The Bertz CT molecular complexity index is 658. The molecule has 6 atom stereocenters. The van der Waals surface area contributed by atoms with Crippen molar-refractivity contribution >= 4 is 0 Å². The molecule has 0 aliphatic heterocycles. The largest absolute Gasteiger partial charge is 0.396 e. The van der Waals surface area contributed by atoms with E-state index in [0.29, 0.717) is 36.2 Å². The molecule has 30 heavy (non-hydrogen) atoms. The maximum absolute atomic E-state index is 10.5. The van der Waals surface area contributed by atoms with Gasteiger partial charge in [0.2, 0.25) is 0 Å². The molecule has 0 radical (unpaired) electrons. The highest BCUT2D eigenvalue weighted by Crippen LogP contribution is 2.60. The second-order valence-corrected chi connectivity index (χ2v) is 10.9. The number of aliphatic hydroxyl groups is 3. The molecule has 3 aliphatic carbocycles. The standard InChI is InChI=1S/C27H44O3/c1-18(2)15-19(3)23-11-12-24-21(7-5-13-27(23,24)4)10-9-20-16-25(29)22(8-6-14-28)26(30)17-20/h8-10,18-19,23-26,28-30H,5-7,11-17H2,1-4H3/b20-9?,21-10-,22-8?/t19-,23?,24?,25+,26+,27+/m0/s1. The predicted octanol–water partition coefficient (Wildman–Crippen LogP) is 5.56. The fourth-order valence-corrected chi connectivity index (χ4v) is 7.02. The van der Waals surface area contributed by atoms with Crippen molar-refractivity contribution < 1.29 is 15.3 Å². The van der Waals surface area contributed by atoms with Gasteiger partial charge in [0.25, 0.3) is 0 Å². The van der Waals surface area contributed by atoms with Gasteiger partial charge in [0.1, 0.15) is 0 Å². The average Bonchev–Trinajstić information content (AvgIpc) is 3.03. The van der Waals surface area contributed by atoms with Crippen molar-refractivity contribution in [2.45, 2.75) is 97.7 Å². The van der Waals surface area contributed by atoms with Gasteiger partial charge in [0, 0.05) is 6.61 Å². The fraction of sp³-hybridized carbons (Fsp3) is 0.778. The van der Waals surface area contributed by atoms with E-state index in [-0.39, 0.29) is 6.61 Å². The van der Waals surface area contributed by atoms with E-state index in [1.54, 1.807) is 11.6 Å². The highest BCUT2D eigenvalue weighted by atomic mass is 16.3. The van der Waals surface area contributed by atoms with E-state index in [0.717, 1.165) is 23.3 Å². The molecule has 0 aromatic carbocycles. The Kier molecular flexibility index (Phi) is 8.03. The van der Waals surface area contributed by atoms with Gasteiger partial charge in [0.15, 0.2) is 0 Å². The zero-order valence-corrected chi connectivity index (χ0v) is 19.6. The summed E-state index contributed by atoms with van der Waals surface area (Å²) in [5, 5.41) is 29.9. The summed E-state index contributed by atoms with van der Waals surface area (Å²) in [5.41, 5.74) is 3.85. The van der Waals surface area contributed by atoms with Gasteiger partial charge in [-0.05, 0) is 92.4 Å². The van der Waals surface area contributed by atoms with Crippen LogP contribution in [-0.2, 0) is 0 Å². The van der Waals surface area contributed by atoms with E-state index < -0.39 is 12.2 Å². The van der Waals surface area contributed by atoms with E-state index >= 15 is 0 Å². The lowest BCUT2D eigenvalue weighted by Crippen LogP contribution is -2.36. The van der Waals surface area contributed by atoms with Crippen LogP contribution >= 0.6 is 0 Å². The molecule has 3 heteroatoms. The molecule has 0 aromatic heterocycles. The van der Waals surface area contributed by atoms with Gasteiger partial charge in [0.05, 0.1) is 12.2 Å². The Hall–Kier alpha value is -0.900. The monoisotopic (exact) mass is 416 g/mol. The molecule has 170 valence electrons. The first-order valence-electron chi connectivity index (χ1n) is 12.3. The number of hydrogen-bond acceptors (Lipinski definition) is 3. The van der Waals surface area contributed by atoms with E-state index in [4.69, 9.17) is 5.11 Å². The number of allylic oxidation sites excluding steroid dienone is 3. The van der Waals surface area contributed by atoms with Crippen LogP contribution in [0.25, 0.3) is 0 Å². The third kappa shape index (κ3) is 5.11. The molecule has 3 saturated carbocycles. The molecule has 0 heterocycles. The third-order valence-electron chi connectivity index (χ3n) is 8.29. The van der Waals surface area contributed by atoms with Crippen molar-refractivity contribution in [1.82, 2.24) is 0 Å². The summed E-state index contributed by atoms with van der Waals surface area (Å²) >= 11 is 0. The molecular formula is C27H44O3. The fourth-order valence-electron chi connectivity index (χ4n) is 7.02. The zero-order valence-electron chi connectivity index (χ0n) is 19.6. The van der Waals surface area contributed by atoms with Crippen molar-refractivity contribution in [2.75, 3.05) is 6.61 Å². The molecule has 3 nitrogen and oxygen atoms in total. The Morgan fingerprint density at radius 2 is 1.77 bits per heavy atom. The molecule has 0 bridgehead atoms. The van der Waals surface area contributed by atoms with Crippen molar-refractivity contribution in [3.8, 4) is 0 Å². The lowest BCUT2D eigenvalue weighted by Gasteiger charge is -2.44. The summed E-state index contributed by atoms with van der Waals surface area (Å²) < 4.78 is 0. The lowest BCUT2D eigenvalue weighted by molar-refractivity contribution is 0.0893. The minimum absolute atomic E-state index is 0.0503. The lowest BCUT2D eigenvalue weighted by atomic mass is 9.60. The predicted molar refractivity (Wildman–Crippen MR) is 124 cm³/mol. The molecule has 3 N–H and O–H groups in total. The van der Waals surface area contributed by atoms with Crippen LogP contribution in [0.4, 0.5) is 0 Å². The van der Waals surface area contributed by atoms with Crippen LogP contribution in [-0.4, -0.2) is 34.1 Å². The van der Waals surface area contributed by atoms with Gasteiger partial charge in [-0.3, -0.25) is 0 Å². The Morgan fingerprint density at radius 3 is 2.40 bits per heavy atom. The summed E-state index contributed by atoms with van der Waals surface area (Å²) in [6.45, 7) is 9.78. The van der Waals surface area contributed by atoms with Crippen LogP contribution < -0.4 is 0 Å². The number of fused-ring (bicyclic) bond motifs is 1. The number of aliphatic hydroxyl groups excluding tert-OH is 3. The van der Waals surface area contributed by atoms with Crippen molar-refractivity contribution in [1.29, 1.82) is 0 Å². The summed E-state index contributed by atoms with van der Waals surface area (Å²) in [6.07, 6.45) is 14.6. The van der Waals surface area contributed by atoms with E-state index in [2.05, 4.69) is 39.8 Å². The van der Waals surface area contributed by atoms with Crippen molar-refractivity contribution in [3.05, 3.63) is 34.9 Å². The van der Waals surface area contributed by atoms with E-state index in [1.165, 1.54) is 38.5 Å². The smallest absolute Gasteiger partial charge is 0.0812 e. The molecule has 3 fully saturated rings. The molecule has 0 aromatic rings. The zero-order chi connectivity index (χ0) is 21.9. The molecule has 3 rings (SSSR count). The first-order chi connectivity index (χ1) is 14.3. The van der Waals surface area contributed by atoms with Crippen LogP contribution in [0.1, 0.15) is 85.5 Å². The molecule has 3 aliphatic rings. The Balaban J connectivity index is 1.72. The second kappa shape index (κ2) is 10.1. The minimum Gasteiger partial charge on any atom is -0.396 e. The third-order valence-corrected chi connectivity index (χ3v) is 8.29. The van der Waals surface area contributed by atoms with Gasteiger partial charge in [-0.15, -0.1) is 0 Å². The van der Waals surface area contributed by atoms with Crippen LogP contribution in [0.5, 0.6) is 0 Å². The molecule has 2 unspecified atom stereocenters. The average molecular weight is 417 g/mol. The van der Waals surface area contributed by atoms with E-state index in [1.807, 2.05) is 0 Å². The SMILES string of the molecule is CC(C)C[C@H](C)C1CCC2/C(=C\C=C3C[C@@H](O)C(=CCCO)[C@H](O)C3)CCC[C@@]21C. The van der Waals surface area contributed by atoms with Crippen LogP contribution in [0.3, 0.4) is 0 Å².